The maximum absolute atomic E-state index is 14.8. The highest BCUT2D eigenvalue weighted by atomic mass is 32.2. The predicted molar refractivity (Wildman–Crippen MR) is 298 cm³/mol. The number of hydrogen-bond donors (Lipinski definition) is 9. The molecule has 0 saturated heterocycles. The minimum absolute atomic E-state index is 0.216. The molecule has 18 nitrogen and oxygen atoms in total. The molecule has 0 radical (unpaired) electrons. The van der Waals surface area contributed by atoms with E-state index in [0.29, 0.717) is 88.3 Å². The summed E-state index contributed by atoms with van der Waals surface area (Å²) < 4.78 is 29.2. The number of imidazole rings is 1. The van der Waals surface area contributed by atoms with Gasteiger partial charge in [-0.05, 0) is 122 Å². The topological polar surface area (TPSA) is 270 Å². The highest BCUT2D eigenvalue weighted by Crippen LogP contribution is 2.30. The zero-order valence-electron chi connectivity index (χ0n) is 42.2. The van der Waals surface area contributed by atoms with Crippen LogP contribution in [0.15, 0.2) is 136 Å². The normalized spacial score (nSPS) is 11.0. The number of fused-ring (bicyclic) bond motifs is 3. The van der Waals surface area contributed by atoms with Crippen LogP contribution < -0.4 is 43.4 Å². The van der Waals surface area contributed by atoms with E-state index in [2.05, 4.69) is 61.9 Å². The second kappa shape index (κ2) is 25.6. The van der Waals surface area contributed by atoms with Gasteiger partial charge in [0.25, 0.3) is 11.1 Å². The minimum Gasteiger partial charge on any atom is -0.399 e. The second-order valence-electron chi connectivity index (χ2n) is 16.9. The lowest BCUT2D eigenvalue weighted by Gasteiger charge is -2.10. The Morgan fingerprint density at radius 1 is 0.645 bits per heavy atom. The van der Waals surface area contributed by atoms with E-state index in [-0.39, 0.29) is 40.0 Å². The van der Waals surface area contributed by atoms with Crippen molar-refractivity contribution in [2.24, 2.45) is 4.99 Å². The average molecular weight is 1050 g/mol. The average Bonchev–Trinajstić information content (AvgIpc) is 3.82. The van der Waals surface area contributed by atoms with Crippen LogP contribution in [0.25, 0.3) is 54.8 Å². The SMILES string of the molecule is CCNC(=O)N=C(NC(=O)NCC)SC.CCNC(=O)Nc1nc2ccc(-c3cc(Cc4n[nH]c(=O)c5ccccc45)ccc3F)cc2[nH]1.Cc1cc(-c2cc(Cc3n[nH]c(=O)c4ccccc34)ccc2F)ccc1N. The molecular weight excluding hydrogens is 993 g/mol. The van der Waals surface area contributed by atoms with Gasteiger partial charge in [-0.25, -0.2) is 38.3 Å². The molecule has 390 valence electrons. The van der Waals surface area contributed by atoms with Gasteiger partial charge in [-0.1, -0.05) is 72.4 Å². The molecular formula is C55H55F2N13O5S. The lowest BCUT2D eigenvalue weighted by Crippen LogP contribution is -2.38. The molecule has 0 atom stereocenters. The van der Waals surface area contributed by atoms with Crippen molar-refractivity contribution >= 4 is 79.2 Å². The van der Waals surface area contributed by atoms with Gasteiger partial charge in [-0.3, -0.25) is 20.2 Å². The second-order valence-corrected chi connectivity index (χ2v) is 17.7. The summed E-state index contributed by atoms with van der Waals surface area (Å²) in [6, 6.07) is 34.2. The van der Waals surface area contributed by atoms with E-state index >= 15 is 0 Å². The van der Waals surface area contributed by atoms with E-state index in [1.54, 1.807) is 80.8 Å². The smallest absolute Gasteiger partial charge is 0.343 e. The number of halogens is 2. The summed E-state index contributed by atoms with van der Waals surface area (Å²) in [6.07, 6.45) is 2.64. The van der Waals surface area contributed by atoms with Crippen molar-refractivity contribution in [2.45, 2.75) is 40.5 Å². The molecule has 3 heterocycles. The third-order valence-electron chi connectivity index (χ3n) is 11.6. The Balaban J connectivity index is 0.000000179. The predicted octanol–water partition coefficient (Wildman–Crippen LogP) is 9.30. The van der Waals surface area contributed by atoms with Crippen LogP contribution in [-0.2, 0) is 12.8 Å². The van der Waals surface area contributed by atoms with Crippen LogP contribution in [0.2, 0.25) is 0 Å². The van der Waals surface area contributed by atoms with Crippen molar-refractivity contribution in [1.29, 1.82) is 0 Å². The molecule has 0 spiro atoms. The monoisotopic (exact) mass is 1050 g/mol. The number of rotatable bonds is 10. The molecule has 76 heavy (non-hydrogen) atoms. The maximum atomic E-state index is 14.8. The molecule has 0 aliphatic heterocycles. The number of aryl methyl sites for hydroxylation is 1. The third-order valence-corrected chi connectivity index (χ3v) is 12.2. The summed E-state index contributed by atoms with van der Waals surface area (Å²) in [7, 11) is 0. The van der Waals surface area contributed by atoms with E-state index in [9.17, 15) is 32.8 Å². The Kier molecular flexibility index (Phi) is 18.4. The van der Waals surface area contributed by atoms with Crippen molar-refractivity contribution in [2.75, 3.05) is 36.9 Å². The van der Waals surface area contributed by atoms with E-state index in [4.69, 9.17) is 5.73 Å². The number of amides is 6. The van der Waals surface area contributed by atoms with E-state index in [1.165, 1.54) is 23.9 Å². The molecule has 6 amide bonds. The van der Waals surface area contributed by atoms with Gasteiger partial charge in [0.2, 0.25) is 5.95 Å². The molecule has 10 N–H and O–H groups in total. The number of H-pyrrole nitrogens is 3. The lowest BCUT2D eigenvalue weighted by molar-refractivity contribution is 0.245. The fourth-order valence-corrected chi connectivity index (χ4v) is 8.28. The number of aliphatic imine (C=N–C) groups is 1. The van der Waals surface area contributed by atoms with E-state index < -0.39 is 6.03 Å². The molecule has 9 aromatic rings. The number of nitrogen functional groups attached to an aromatic ring is 1. The fraction of sp³-hybridized carbons (Fsp3) is 0.182. The largest absolute Gasteiger partial charge is 0.399 e. The van der Waals surface area contributed by atoms with Gasteiger partial charge < -0.3 is 26.7 Å². The Labute approximate surface area is 438 Å². The van der Waals surface area contributed by atoms with E-state index in [1.807, 2.05) is 62.4 Å². The fourth-order valence-electron chi connectivity index (χ4n) is 7.91. The van der Waals surface area contributed by atoms with Crippen molar-refractivity contribution in [3.63, 3.8) is 0 Å². The maximum Gasteiger partial charge on any atom is 0.343 e. The third kappa shape index (κ3) is 13.9. The summed E-state index contributed by atoms with van der Waals surface area (Å²) in [6.45, 7) is 8.85. The Bertz CT molecular complexity index is 3730. The zero-order chi connectivity index (χ0) is 54.3. The van der Waals surface area contributed by atoms with Gasteiger partial charge in [-0.15, -0.1) is 0 Å². The number of anilines is 2. The molecule has 6 aromatic carbocycles. The molecule has 0 aliphatic carbocycles. The first-order valence-corrected chi connectivity index (χ1v) is 25.3. The Hall–Kier alpha value is -9.24. The van der Waals surface area contributed by atoms with Gasteiger partial charge >= 0.3 is 18.1 Å². The number of aromatic nitrogens is 6. The molecule has 9 rings (SSSR count). The number of urea groups is 3. The highest BCUT2D eigenvalue weighted by Gasteiger charge is 2.15. The number of carbonyl (C=O) groups is 3. The van der Waals surface area contributed by atoms with Crippen LogP contribution in [-0.4, -0.2) is 79.5 Å². The Morgan fingerprint density at radius 2 is 1.16 bits per heavy atom. The first-order chi connectivity index (χ1) is 36.7. The van der Waals surface area contributed by atoms with Crippen molar-refractivity contribution in [1.82, 2.24) is 51.6 Å². The molecule has 3 aromatic heterocycles. The Morgan fingerprint density at radius 3 is 1.68 bits per heavy atom. The lowest BCUT2D eigenvalue weighted by atomic mass is 9.97. The number of hydrogen-bond acceptors (Lipinski definition) is 10. The van der Waals surface area contributed by atoms with Crippen molar-refractivity contribution in [3.05, 3.63) is 182 Å². The number of thioether (sulfide) groups is 1. The van der Waals surface area contributed by atoms with Crippen LogP contribution in [0.1, 0.15) is 48.8 Å². The first-order valence-electron chi connectivity index (χ1n) is 24.0. The molecule has 0 aliphatic rings. The number of amidine groups is 1. The summed E-state index contributed by atoms with van der Waals surface area (Å²) in [5, 5.41) is 29.3. The van der Waals surface area contributed by atoms with Gasteiger partial charge in [0.15, 0.2) is 5.17 Å². The highest BCUT2D eigenvalue weighted by molar-refractivity contribution is 8.13. The van der Waals surface area contributed by atoms with Gasteiger partial charge in [0.05, 0.1) is 33.2 Å². The van der Waals surface area contributed by atoms with Crippen LogP contribution in [0.5, 0.6) is 0 Å². The van der Waals surface area contributed by atoms with Crippen LogP contribution in [0, 0.1) is 18.6 Å². The summed E-state index contributed by atoms with van der Waals surface area (Å²) in [5.41, 5.74) is 13.9. The molecule has 0 bridgehead atoms. The standard InChI is InChI=1S/C25H21FN6O2.C22H18FN3O.C8H16N4O2S/c1-2-27-25(34)30-24-28-20-10-8-15(13-22(20)29-24)18-11-14(7-9-19(18)26)12-21-16-5-3-4-6-17(16)23(33)32-31-21;1-13-10-15(7-9-20(13)24)18-11-14(6-8-19(18)23)12-21-16-4-2-3-5-17(16)22(27)26-25-21;1-4-9-6(13)11-8(15-3)12-7(14)10-5-2/h3-11,13H,2,12H2,1H3,(H,32,33)(H3,27,28,29,30,34);2-11H,12,24H2,1H3,(H,26,27);4-5H2,1-3H3,(H3,9,10,11,12,13,14). The van der Waals surface area contributed by atoms with Crippen molar-refractivity contribution < 1.29 is 23.2 Å². The quantitative estimate of drug-likeness (QED) is 0.0356. The molecule has 0 unspecified atom stereocenters. The summed E-state index contributed by atoms with van der Waals surface area (Å²) in [4.78, 5) is 69.0. The summed E-state index contributed by atoms with van der Waals surface area (Å²) in [5.74, 6) is -0.340. The number of benzene rings is 6. The van der Waals surface area contributed by atoms with Crippen molar-refractivity contribution in [3.8, 4) is 22.3 Å². The first kappa shape index (κ1) is 54.5. The van der Waals surface area contributed by atoms with Gasteiger partial charge in [-0.2, -0.15) is 15.2 Å². The number of nitrogens with zero attached hydrogens (tertiary/aromatic N) is 4. The molecule has 21 heteroatoms. The number of aromatic amines is 3. The number of nitrogens with one attached hydrogen (secondary N) is 8. The molecule has 0 fully saturated rings. The summed E-state index contributed by atoms with van der Waals surface area (Å²) >= 11 is 1.20. The van der Waals surface area contributed by atoms with Gasteiger partial charge in [0, 0.05) is 60.1 Å². The number of carbonyl (C=O) groups excluding carboxylic acids is 3. The number of nitrogens with two attached hydrogens (primary N) is 1. The van der Waals surface area contributed by atoms with Crippen LogP contribution in [0.3, 0.4) is 0 Å². The van der Waals surface area contributed by atoms with Gasteiger partial charge in [0.1, 0.15) is 11.6 Å². The van der Waals surface area contributed by atoms with Crippen LogP contribution >= 0.6 is 11.8 Å². The van der Waals surface area contributed by atoms with E-state index in [0.717, 1.165) is 38.7 Å². The van der Waals surface area contributed by atoms with Crippen LogP contribution in [0.4, 0.5) is 34.8 Å². The molecule has 0 saturated carbocycles. The minimum atomic E-state index is -0.460. The zero-order valence-corrected chi connectivity index (χ0v) is 43.0.